The lowest BCUT2D eigenvalue weighted by Crippen LogP contribution is -2.57. The number of hydrogen-bond donors (Lipinski definition) is 1. The van der Waals surface area contributed by atoms with Crippen molar-refractivity contribution < 1.29 is 29.0 Å². The van der Waals surface area contributed by atoms with Crippen LogP contribution in [-0.4, -0.2) is 64.8 Å². The molecule has 39 heavy (non-hydrogen) atoms. The Hall–Kier alpha value is -3.75. The molecule has 0 saturated carbocycles. The number of rotatable bonds is 4. The fraction of sp³-hybridized carbons (Fsp3) is 0.387. The number of ether oxygens (including phenoxy) is 2. The van der Waals surface area contributed by atoms with Gasteiger partial charge in [0, 0.05) is 12.2 Å². The third kappa shape index (κ3) is 3.69. The van der Waals surface area contributed by atoms with E-state index in [2.05, 4.69) is 0 Å². The second-order valence-corrected chi connectivity index (χ2v) is 11.0. The molecule has 0 radical (unpaired) electrons. The molecule has 4 heterocycles. The summed E-state index contributed by atoms with van der Waals surface area (Å²) in [6.45, 7) is 5.65. The summed E-state index contributed by atoms with van der Waals surface area (Å²) < 4.78 is 12.2. The molecule has 1 unspecified atom stereocenters. The van der Waals surface area contributed by atoms with Crippen molar-refractivity contribution in [3.63, 3.8) is 0 Å². The third-order valence-corrected chi connectivity index (χ3v) is 8.60. The van der Waals surface area contributed by atoms with Gasteiger partial charge in [-0.2, -0.15) is 0 Å². The van der Waals surface area contributed by atoms with Gasteiger partial charge in [-0.15, -0.1) is 0 Å². The Morgan fingerprint density at radius 3 is 2.51 bits per heavy atom. The highest BCUT2D eigenvalue weighted by molar-refractivity contribution is 6.06. The smallest absolute Gasteiger partial charge is 0.313 e. The molecule has 8 nitrogen and oxygen atoms in total. The molecule has 2 aromatic rings. The molecule has 6 rings (SSSR count). The molecule has 1 spiro atoms. The number of anilines is 1. The molecule has 2 aromatic carbocycles. The van der Waals surface area contributed by atoms with Crippen molar-refractivity contribution in [2.24, 2.45) is 11.8 Å². The molecule has 0 bridgehead atoms. The summed E-state index contributed by atoms with van der Waals surface area (Å²) >= 11 is 0. The number of carbonyl (C=O) groups excluding carboxylic acids is 3. The fourth-order valence-corrected chi connectivity index (χ4v) is 6.89. The standard InChI is InChI=1S/C31H32N2O6/c1-19-11-12-20(2)22(17-19)32-15-7-14-31-24(25-29(37)38-16-8-13-30(25,3)39-31)27(35)33(26(31)28(32)36)23(18-34)21-9-5-4-6-10-21/h4-14,17,23-26,34H,15-16,18H2,1-3H3/t23-,24+,25+,26?,30-,31+/m1/s1. The Labute approximate surface area is 227 Å². The number of aliphatic hydroxyl groups excluding tert-OH is 1. The van der Waals surface area contributed by atoms with Crippen molar-refractivity contribution in [2.45, 2.75) is 44.1 Å². The molecular formula is C31H32N2O6. The highest BCUT2D eigenvalue weighted by Crippen LogP contribution is 2.58. The van der Waals surface area contributed by atoms with Crippen LogP contribution >= 0.6 is 0 Å². The van der Waals surface area contributed by atoms with Gasteiger partial charge in [0.2, 0.25) is 5.91 Å². The molecule has 6 atom stereocenters. The number of nitrogens with zero attached hydrogens (tertiary/aromatic N) is 2. The lowest BCUT2D eigenvalue weighted by Gasteiger charge is -2.40. The molecule has 4 aliphatic rings. The van der Waals surface area contributed by atoms with Gasteiger partial charge in [-0.05, 0) is 49.6 Å². The van der Waals surface area contributed by atoms with Gasteiger partial charge in [0.25, 0.3) is 5.91 Å². The maximum absolute atomic E-state index is 14.7. The van der Waals surface area contributed by atoms with Crippen LogP contribution < -0.4 is 4.90 Å². The summed E-state index contributed by atoms with van der Waals surface area (Å²) in [7, 11) is 0. The Balaban J connectivity index is 1.56. The zero-order chi connectivity index (χ0) is 27.5. The van der Waals surface area contributed by atoms with Crippen LogP contribution in [0.3, 0.4) is 0 Å². The monoisotopic (exact) mass is 528 g/mol. The Morgan fingerprint density at radius 1 is 1.00 bits per heavy atom. The fourth-order valence-electron chi connectivity index (χ4n) is 6.89. The highest BCUT2D eigenvalue weighted by atomic mass is 16.6. The van der Waals surface area contributed by atoms with Crippen LogP contribution in [-0.2, 0) is 23.9 Å². The van der Waals surface area contributed by atoms with Gasteiger partial charge in [-0.25, -0.2) is 0 Å². The molecule has 8 heteroatoms. The first-order valence-electron chi connectivity index (χ1n) is 13.3. The topological polar surface area (TPSA) is 96.4 Å². The lowest BCUT2D eigenvalue weighted by atomic mass is 9.75. The van der Waals surface area contributed by atoms with Gasteiger partial charge in [0.05, 0.1) is 24.2 Å². The zero-order valence-corrected chi connectivity index (χ0v) is 22.2. The lowest BCUT2D eigenvalue weighted by molar-refractivity contribution is -0.157. The van der Waals surface area contributed by atoms with Gasteiger partial charge in [0.1, 0.15) is 24.2 Å². The number of likely N-dealkylation sites (tertiary alicyclic amines) is 1. The van der Waals surface area contributed by atoms with E-state index in [0.29, 0.717) is 5.56 Å². The van der Waals surface area contributed by atoms with Crippen LogP contribution in [0, 0.1) is 25.7 Å². The minimum absolute atomic E-state index is 0.0911. The van der Waals surface area contributed by atoms with Crippen LogP contribution in [0.1, 0.15) is 29.7 Å². The van der Waals surface area contributed by atoms with Crippen molar-refractivity contribution in [2.75, 3.05) is 24.7 Å². The number of aliphatic hydroxyl groups is 1. The maximum atomic E-state index is 14.7. The van der Waals surface area contributed by atoms with Crippen LogP contribution in [0.5, 0.6) is 0 Å². The van der Waals surface area contributed by atoms with Crippen LogP contribution in [0.15, 0.2) is 72.8 Å². The van der Waals surface area contributed by atoms with Crippen molar-refractivity contribution in [1.82, 2.24) is 4.90 Å². The van der Waals surface area contributed by atoms with E-state index in [1.54, 1.807) is 30.1 Å². The zero-order valence-electron chi connectivity index (χ0n) is 22.2. The maximum Gasteiger partial charge on any atom is 0.313 e. The number of esters is 1. The van der Waals surface area contributed by atoms with E-state index in [1.165, 1.54) is 4.90 Å². The average Bonchev–Trinajstić information content (AvgIpc) is 3.17. The Morgan fingerprint density at radius 2 is 1.77 bits per heavy atom. The van der Waals surface area contributed by atoms with E-state index in [0.717, 1.165) is 16.8 Å². The van der Waals surface area contributed by atoms with E-state index >= 15 is 0 Å². The molecule has 0 aliphatic carbocycles. The molecule has 202 valence electrons. The number of aryl methyl sites for hydroxylation is 2. The minimum atomic E-state index is -1.43. The van der Waals surface area contributed by atoms with E-state index in [-0.39, 0.29) is 19.1 Å². The van der Waals surface area contributed by atoms with Crippen LogP contribution in [0.4, 0.5) is 5.69 Å². The van der Waals surface area contributed by atoms with E-state index < -0.39 is 53.6 Å². The molecule has 2 amide bonds. The number of fused-ring (bicyclic) bond motifs is 2. The number of cyclic esters (lactones) is 1. The van der Waals surface area contributed by atoms with Crippen molar-refractivity contribution >= 4 is 23.5 Å². The summed E-state index contributed by atoms with van der Waals surface area (Å²) in [5, 5.41) is 10.6. The number of carbonyl (C=O) groups is 3. The number of amides is 2. The molecular weight excluding hydrogens is 496 g/mol. The van der Waals surface area contributed by atoms with Crippen molar-refractivity contribution in [3.05, 3.63) is 89.5 Å². The summed E-state index contributed by atoms with van der Waals surface area (Å²) in [5.41, 5.74) is 0.788. The van der Waals surface area contributed by atoms with Crippen LogP contribution in [0.2, 0.25) is 0 Å². The predicted octanol–water partition coefficient (Wildman–Crippen LogP) is 3.02. The molecule has 2 fully saturated rings. The third-order valence-electron chi connectivity index (χ3n) is 8.60. The quantitative estimate of drug-likeness (QED) is 0.484. The van der Waals surface area contributed by atoms with E-state index in [4.69, 9.17) is 9.47 Å². The Kier molecular flexibility index (Phi) is 6.00. The molecule has 2 saturated heterocycles. The second-order valence-electron chi connectivity index (χ2n) is 11.0. The van der Waals surface area contributed by atoms with Crippen LogP contribution in [0.25, 0.3) is 0 Å². The number of benzene rings is 2. The predicted molar refractivity (Wildman–Crippen MR) is 144 cm³/mol. The van der Waals surface area contributed by atoms with Gasteiger partial charge in [-0.1, -0.05) is 60.7 Å². The Bertz CT molecular complexity index is 1400. The first-order valence-corrected chi connectivity index (χ1v) is 13.3. The normalized spacial score (nSPS) is 32.3. The van der Waals surface area contributed by atoms with Crippen molar-refractivity contribution in [1.29, 1.82) is 0 Å². The molecule has 0 aromatic heterocycles. The first-order chi connectivity index (χ1) is 18.7. The summed E-state index contributed by atoms with van der Waals surface area (Å²) in [6, 6.07) is 13.1. The van der Waals surface area contributed by atoms with Gasteiger partial charge in [0.15, 0.2) is 0 Å². The average molecular weight is 529 g/mol. The van der Waals surface area contributed by atoms with Gasteiger partial charge >= 0.3 is 5.97 Å². The van der Waals surface area contributed by atoms with E-state index in [1.807, 2.05) is 68.5 Å². The first kappa shape index (κ1) is 25.5. The largest absolute Gasteiger partial charge is 0.461 e. The summed E-state index contributed by atoms with van der Waals surface area (Å²) in [4.78, 5) is 45.6. The second kappa shape index (κ2) is 9.17. The van der Waals surface area contributed by atoms with Gasteiger partial charge in [-0.3, -0.25) is 14.4 Å². The number of hydrogen-bond acceptors (Lipinski definition) is 6. The minimum Gasteiger partial charge on any atom is -0.461 e. The van der Waals surface area contributed by atoms with Crippen molar-refractivity contribution in [3.8, 4) is 0 Å². The molecule has 1 N–H and O–H groups in total. The van der Waals surface area contributed by atoms with E-state index in [9.17, 15) is 19.5 Å². The molecule has 4 aliphatic heterocycles. The summed E-state index contributed by atoms with van der Waals surface area (Å²) in [5.74, 6) is -3.22. The highest BCUT2D eigenvalue weighted by Gasteiger charge is 2.75. The van der Waals surface area contributed by atoms with Gasteiger partial charge < -0.3 is 24.4 Å². The summed E-state index contributed by atoms with van der Waals surface area (Å²) in [6.07, 6.45) is 7.14. The SMILES string of the molecule is Cc1ccc(C)c(N2CC=C[C@]34O[C@]5(C)C=CCOC(=O)[C@@H]5[C@H]3C(=O)N([C@H](CO)c3ccccc3)C4C2=O)c1.